The number of nitrogens with one attached hydrogen (secondary N) is 1. The van der Waals surface area contributed by atoms with Crippen molar-refractivity contribution in [1.82, 2.24) is 19.9 Å². The van der Waals surface area contributed by atoms with Crippen LogP contribution in [-0.4, -0.2) is 44.8 Å². The van der Waals surface area contributed by atoms with Crippen LogP contribution >= 0.6 is 0 Å². The van der Waals surface area contributed by atoms with Gasteiger partial charge in [-0.05, 0) is 30.5 Å². The maximum absolute atomic E-state index is 12.7. The number of carbonyl (C=O) groups is 2. The van der Waals surface area contributed by atoms with Gasteiger partial charge in [0.25, 0.3) is 5.91 Å². The molecule has 1 aromatic heterocycles. The fourth-order valence-electron chi connectivity index (χ4n) is 3.52. The highest BCUT2D eigenvalue weighted by Crippen LogP contribution is 2.20. The molecule has 0 spiro atoms. The quantitative estimate of drug-likeness (QED) is 0.728. The average Bonchev–Trinajstić information content (AvgIpc) is 3.23. The second-order valence-electron chi connectivity index (χ2n) is 7.21. The normalized spacial score (nSPS) is 14.6. The number of amides is 2. The number of likely N-dealkylation sites (tertiary alicyclic amines) is 1. The summed E-state index contributed by atoms with van der Waals surface area (Å²) in [5, 5.41) is 11.1. The molecule has 0 unspecified atom stereocenters. The zero-order chi connectivity index (χ0) is 20.1. The predicted molar refractivity (Wildman–Crippen MR) is 109 cm³/mol. The average molecular weight is 389 g/mol. The van der Waals surface area contributed by atoms with E-state index >= 15 is 0 Å². The van der Waals surface area contributed by atoms with Gasteiger partial charge in [-0.25, -0.2) is 4.68 Å². The summed E-state index contributed by atoms with van der Waals surface area (Å²) in [6.07, 6.45) is 2.97. The van der Waals surface area contributed by atoms with Crippen LogP contribution in [0.3, 0.4) is 0 Å². The Kier molecular flexibility index (Phi) is 5.65. The molecule has 7 nitrogen and oxygen atoms in total. The summed E-state index contributed by atoms with van der Waals surface area (Å²) in [4.78, 5) is 26.9. The minimum atomic E-state index is -0.133. The molecule has 3 aromatic rings. The Labute approximate surface area is 169 Å². The van der Waals surface area contributed by atoms with Gasteiger partial charge < -0.3 is 10.2 Å². The lowest BCUT2D eigenvalue weighted by molar-refractivity contribution is -0.121. The Morgan fingerprint density at radius 2 is 1.62 bits per heavy atom. The Morgan fingerprint density at radius 3 is 2.31 bits per heavy atom. The van der Waals surface area contributed by atoms with Crippen LogP contribution in [0.1, 0.15) is 28.9 Å². The molecular formula is C22H23N5O2. The summed E-state index contributed by atoms with van der Waals surface area (Å²) >= 11 is 0. The van der Waals surface area contributed by atoms with Gasteiger partial charge in [0, 0.05) is 24.7 Å². The molecular weight excluding hydrogens is 366 g/mol. The maximum atomic E-state index is 12.7. The van der Waals surface area contributed by atoms with E-state index in [4.69, 9.17) is 0 Å². The summed E-state index contributed by atoms with van der Waals surface area (Å²) in [5.41, 5.74) is 2.24. The van der Waals surface area contributed by atoms with E-state index in [0.29, 0.717) is 38.2 Å². The molecule has 0 bridgehead atoms. The van der Waals surface area contributed by atoms with Gasteiger partial charge in [-0.15, -0.1) is 5.10 Å². The van der Waals surface area contributed by atoms with Gasteiger partial charge in [-0.3, -0.25) is 9.59 Å². The number of anilines is 1. The molecule has 7 heteroatoms. The molecule has 1 fully saturated rings. The standard InChI is InChI=1S/C22H23N5O2/c28-21(23-19-9-5-2-6-10-19)18-11-13-26(14-12-18)22(29)20-16-27(25-24-20)15-17-7-3-1-4-8-17/h1-10,16,18H,11-15H2,(H,23,28). The van der Waals surface area contributed by atoms with Gasteiger partial charge in [-0.1, -0.05) is 53.7 Å². The first kappa shape index (κ1) is 18.9. The Hall–Kier alpha value is -3.48. The summed E-state index contributed by atoms with van der Waals surface area (Å²) in [5.74, 6) is -0.212. The van der Waals surface area contributed by atoms with Crippen molar-refractivity contribution in [2.45, 2.75) is 19.4 Å². The van der Waals surface area contributed by atoms with E-state index < -0.39 is 0 Å². The smallest absolute Gasteiger partial charge is 0.276 e. The van der Waals surface area contributed by atoms with Gasteiger partial charge in [-0.2, -0.15) is 0 Å². The van der Waals surface area contributed by atoms with E-state index in [1.54, 1.807) is 15.8 Å². The van der Waals surface area contributed by atoms with E-state index in [1.807, 2.05) is 60.7 Å². The first-order chi connectivity index (χ1) is 14.2. The van der Waals surface area contributed by atoms with Crippen molar-refractivity contribution < 1.29 is 9.59 Å². The third kappa shape index (κ3) is 4.68. The van der Waals surface area contributed by atoms with Crippen LogP contribution in [0, 0.1) is 5.92 Å². The van der Waals surface area contributed by atoms with E-state index in [2.05, 4.69) is 15.6 Å². The number of para-hydroxylation sites is 1. The largest absolute Gasteiger partial charge is 0.337 e. The molecule has 1 saturated heterocycles. The van der Waals surface area contributed by atoms with Crippen molar-refractivity contribution in [3.63, 3.8) is 0 Å². The Bertz CT molecular complexity index is 963. The molecule has 1 aliphatic heterocycles. The molecule has 148 valence electrons. The van der Waals surface area contributed by atoms with Crippen LogP contribution in [0.4, 0.5) is 5.69 Å². The Morgan fingerprint density at radius 1 is 0.966 bits per heavy atom. The minimum absolute atomic E-state index is 0.0112. The molecule has 0 radical (unpaired) electrons. The second-order valence-corrected chi connectivity index (χ2v) is 7.21. The molecule has 0 aliphatic carbocycles. The number of hydrogen-bond donors (Lipinski definition) is 1. The number of carbonyl (C=O) groups excluding carboxylic acids is 2. The van der Waals surface area contributed by atoms with Gasteiger partial charge in [0.15, 0.2) is 5.69 Å². The van der Waals surface area contributed by atoms with Crippen LogP contribution in [-0.2, 0) is 11.3 Å². The molecule has 2 amide bonds. The fraction of sp³-hybridized carbons (Fsp3) is 0.273. The monoisotopic (exact) mass is 389 g/mol. The van der Waals surface area contributed by atoms with E-state index in [-0.39, 0.29) is 17.7 Å². The number of rotatable bonds is 5. The summed E-state index contributed by atoms with van der Waals surface area (Å²) in [7, 11) is 0. The second kappa shape index (κ2) is 8.68. The third-order valence-electron chi connectivity index (χ3n) is 5.14. The van der Waals surface area contributed by atoms with Gasteiger partial charge in [0.2, 0.25) is 5.91 Å². The van der Waals surface area contributed by atoms with Crippen LogP contribution in [0.15, 0.2) is 66.9 Å². The number of nitrogens with zero attached hydrogens (tertiary/aromatic N) is 4. The lowest BCUT2D eigenvalue weighted by Crippen LogP contribution is -2.41. The predicted octanol–water partition coefficient (Wildman–Crippen LogP) is 2.82. The maximum Gasteiger partial charge on any atom is 0.276 e. The topological polar surface area (TPSA) is 80.1 Å². The number of aromatic nitrogens is 3. The lowest BCUT2D eigenvalue weighted by atomic mass is 9.95. The van der Waals surface area contributed by atoms with Crippen molar-refractivity contribution in [2.24, 2.45) is 5.92 Å². The molecule has 29 heavy (non-hydrogen) atoms. The molecule has 1 aliphatic rings. The molecule has 2 aromatic carbocycles. The summed E-state index contributed by atoms with van der Waals surface area (Å²) in [6.45, 7) is 1.65. The van der Waals surface area contributed by atoms with Crippen LogP contribution in [0.2, 0.25) is 0 Å². The van der Waals surface area contributed by atoms with E-state index in [1.165, 1.54) is 0 Å². The highest BCUT2D eigenvalue weighted by atomic mass is 16.2. The fourth-order valence-corrected chi connectivity index (χ4v) is 3.52. The molecule has 1 N–H and O–H groups in total. The first-order valence-corrected chi connectivity index (χ1v) is 9.78. The zero-order valence-corrected chi connectivity index (χ0v) is 16.1. The molecule has 0 saturated carbocycles. The van der Waals surface area contributed by atoms with Crippen LogP contribution in [0.5, 0.6) is 0 Å². The van der Waals surface area contributed by atoms with Gasteiger partial charge >= 0.3 is 0 Å². The number of piperidine rings is 1. The minimum Gasteiger partial charge on any atom is -0.337 e. The van der Waals surface area contributed by atoms with E-state index in [9.17, 15) is 9.59 Å². The van der Waals surface area contributed by atoms with Crippen molar-refractivity contribution in [2.75, 3.05) is 18.4 Å². The summed E-state index contributed by atoms with van der Waals surface area (Å²) in [6, 6.07) is 19.4. The third-order valence-corrected chi connectivity index (χ3v) is 5.14. The highest BCUT2D eigenvalue weighted by Gasteiger charge is 2.29. The lowest BCUT2D eigenvalue weighted by Gasteiger charge is -2.30. The number of benzene rings is 2. The Balaban J connectivity index is 1.30. The van der Waals surface area contributed by atoms with Crippen LogP contribution < -0.4 is 5.32 Å². The molecule has 4 rings (SSSR count). The van der Waals surface area contributed by atoms with Gasteiger partial charge in [0.1, 0.15) is 0 Å². The van der Waals surface area contributed by atoms with Crippen molar-refractivity contribution in [3.05, 3.63) is 78.1 Å². The van der Waals surface area contributed by atoms with Gasteiger partial charge in [0.05, 0.1) is 12.7 Å². The SMILES string of the molecule is O=C(Nc1ccccc1)C1CCN(C(=O)c2cn(Cc3ccccc3)nn2)CC1. The van der Waals surface area contributed by atoms with Crippen molar-refractivity contribution >= 4 is 17.5 Å². The zero-order valence-electron chi connectivity index (χ0n) is 16.1. The summed E-state index contributed by atoms with van der Waals surface area (Å²) < 4.78 is 1.67. The van der Waals surface area contributed by atoms with Crippen molar-refractivity contribution in [1.29, 1.82) is 0 Å². The van der Waals surface area contributed by atoms with E-state index in [0.717, 1.165) is 11.3 Å². The highest BCUT2D eigenvalue weighted by molar-refractivity contribution is 5.94. The molecule has 2 heterocycles. The van der Waals surface area contributed by atoms with Crippen molar-refractivity contribution in [3.8, 4) is 0 Å². The number of hydrogen-bond acceptors (Lipinski definition) is 4. The van der Waals surface area contributed by atoms with Crippen LogP contribution in [0.25, 0.3) is 0 Å². The first-order valence-electron chi connectivity index (χ1n) is 9.78. The molecule has 0 atom stereocenters.